The standard InChI is InChI=1S/C33H48N6O4Si/c1-32(2,3)43-31(41)37-16-14-23(15-17-37)20-25-10-9-11-28-35-30(36-39(25)28)34-24-12-13-26-27(21-24)38(29(40)33(26,4)5)22-42-18-19-44(6,7)8/h9-13,21,23H,14-20,22H2,1-8H3,(H,34,36). The highest BCUT2D eigenvalue weighted by Crippen LogP contribution is 2.43. The summed E-state index contributed by atoms with van der Waals surface area (Å²) < 4.78 is 13.4. The number of piperidine rings is 1. The first kappa shape index (κ1) is 32.0. The second-order valence-corrected chi connectivity index (χ2v) is 20.5. The number of anilines is 3. The third-order valence-electron chi connectivity index (χ3n) is 8.42. The molecule has 0 spiro atoms. The Hall–Kier alpha value is -3.44. The normalized spacial score (nSPS) is 17.3. The average Bonchev–Trinajstić information content (AvgIpc) is 3.42. The van der Waals surface area contributed by atoms with Crippen molar-refractivity contribution in [2.24, 2.45) is 5.92 Å². The maximum atomic E-state index is 13.4. The van der Waals surface area contributed by atoms with Gasteiger partial charge in [-0.25, -0.2) is 9.31 Å². The van der Waals surface area contributed by atoms with Gasteiger partial charge in [0.1, 0.15) is 12.3 Å². The van der Waals surface area contributed by atoms with E-state index in [4.69, 9.17) is 19.6 Å². The summed E-state index contributed by atoms with van der Waals surface area (Å²) in [5.41, 5.74) is 3.41. The largest absolute Gasteiger partial charge is 0.444 e. The predicted molar refractivity (Wildman–Crippen MR) is 176 cm³/mol. The lowest BCUT2D eigenvalue weighted by molar-refractivity contribution is -0.123. The molecule has 5 rings (SSSR count). The molecule has 1 N–H and O–H groups in total. The van der Waals surface area contributed by atoms with Gasteiger partial charge >= 0.3 is 6.09 Å². The highest BCUT2D eigenvalue weighted by atomic mass is 28.3. The molecule has 0 unspecified atom stereocenters. The van der Waals surface area contributed by atoms with Crippen molar-refractivity contribution in [3.05, 3.63) is 47.7 Å². The van der Waals surface area contributed by atoms with Crippen molar-refractivity contribution < 1.29 is 19.1 Å². The zero-order valence-electron chi connectivity index (χ0n) is 27.6. The summed E-state index contributed by atoms with van der Waals surface area (Å²) in [4.78, 5) is 34.1. The number of likely N-dealkylation sites (tertiary alicyclic amines) is 1. The number of amides is 2. The van der Waals surface area contributed by atoms with Gasteiger partial charge in [-0.05, 0) is 95.7 Å². The first-order valence-electron chi connectivity index (χ1n) is 15.7. The number of rotatable bonds is 9. The van der Waals surface area contributed by atoms with Crippen LogP contribution in [0.3, 0.4) is 0 Å². The van der Waals surface area contributed by atoms with Gasteiger partial charge in [0.15, 0.2) is 5.65 Å². The fourth-order valence-electron chi connectivity index (χ4n) is 5.82. The minimum absolute atomic E-state index is 0.0464. The monoisotopic (exact) mass is 620 g/mol. The Kier molecular flexibility index (Phi) is 8.83. The molecule has 0 radical (unpaired) electrons. The molecule has 2 aliphatic rings. The number of hydrogen-bond donors (Lipinski definition) is 1. The maximum Gasteiger partial charge on any atom is 0.410 e. The van der Waals surface area contributed by atoms with Crippen LogP contribution in [0.2, 0.25) is 25.7 Å². The van der Waals surface area contributed by atoms with Crippen LogP contribution in [0.1, 0.15) is 58.7 Å². The van der Waals surface area contributed by atoms with Crippen LogP contribution >= 0.6 is 0 Å². The van der Waals surface area contributed by atoms with Crippen molar-refractivity contribution in [1.29, 1.82) is 0 Å². The molecule has 1 aromatic carbocycles. The molecule has 2 amide bonds. The zero-order valence-corrected chi connectivity index (χ0v) is 28.6. The van der Waals surface area contributed by atoms with Gasteiger partial charge in [-0.2, -0.15) is 4.98 Å². The molecule has 2 aromatic heterocycles. The van der Waals surface area contributed by atoms with E-state index in [9.17, 15) is 9.59 Å². The van der Waals surface area contributed by atoms with Crippen LogP contribution in [-0.2, 0) is 26.1 Å². The number of carbonyl (C=O) groups is 2. The predicted octanol–water partition coefficient (Wildman–Crippen LogP) is 6.60. The van der Waals surface area contributed by atoms with Crippen LogP contribution in [0.4, 0.5) is 22.1 Å². The van der Waals surface area contributed by atoms with Gasteiger partial charge in [0.2, 0.25) is 11.9 Å². The lowest BCUT2D eigenvalue weighted by atomic mass is 9.86. The second kappa shape index (κ2) is 12.2. The fraction of sp³-hybridized carbons (Fsp3) is 0.576. The van der Waals surface area contributed by atoms with Crippen molar-refractivity contribution in [2.45, 2.75) is 90.6 Å². The number of carbonyl (C=O) groups excluding carboxylic acids is 2. The Bertz CT molecular complexity index is 1510. The Labute approximate surface area is 262 Å². The zero-order chi connectivity index (χ0) is 31.9. The van der Waals surface area contributed by atoms with E-state index < -0.39 is 19.1 Å². The van der Waals surface area contributed by atoms with Crippen LogP contribution in [0.15, 0.2) is 36.4 Å². The van der Waals surface area contributed by atoms with E-state index in [1.54, 1.807) is 4.90 Å². The Morgan fingerprint density at radius 3 is 2.52 bits per heavy atom. The summed E-state index contributed by atoms with van der Waals surface area (Å²) in [5, 5.41) is 8.17. The summed E-state index contributed by atoms with van der Waals surface area (Å²) in [6.07, 6.45) is 2.45. The summed E-state index contributed by atoms with van der Waals surface area (Å²) in [5.74, 6) is 0.986. The van der Waals surface area contributed by atoms with Crippen LogP contribution in [0.5, 0.6) is 0 Å². The Balaban J connectivity index is 1.26. The molecule has 11 heteroatoms. The minimum atomic E-state index is -1.22. The first-order chi connectivity index (χ1) is 20.6. The molecule has 44 heavy (non-hydrogen) atoms. The van der Waals surface area contributed by atoms with E-state index in [2.05, 4.69) is 31.0 Å². The molecule has 3 aromatic rings. The van der Waals surface area contributed by atoms with E-state index in [-0.39, 0.29) is 18.7 Å². The van der Waals surface area contributed by atoms with Crippen molar-refractivity contribution in [3.63, 3.8) is 0 Å². The molecule has 1 saturated heterocycles. The van der Waals surface area contributed by atoms with Crippen LogP contribution in [0.25, 0.3) is 5.65 Å². The van der Waals surface area contributed by atoms with E-state index in [0.29, 0.717) is 31.6 Å². The summed E-state index contributed by atoms with van der Waals surface area (Å²) in [7, 11) is -1.22. The molecule has 10 nitrogen and oxygen atoms in total. The minimum Gasteiger partial charge on any atom is -0.444 e. The number of benzene rings is 1. The summed E-state index contributed by atoms with van der Waals surface area (Å²) in [6.45, 7) is 18.9. The quantitative estimate of drug-likeness (QED) is 0.213. The lowest BCUT2D eigenvalue weighted by Crippen LogP contribution is -2.42. The average molecular weight is 621 g/mol. The Morgan fingerprint density at radius 2 is 1.84 bits per heavy atom. The number of pyridine rings is 1. The van der Waals surface area contributed by atoms with Gasteiger partial charge < -0.3 is 19.7 Å². The number of aromatic nitrogens is 3. The third-order valence-corrected chi connectivity index (χ3v) is 10.1. The highest BCUT2D eigenvalue weighted by molar-refractivity contribution is 6.76. The molecule has 2 aliphatic heterocycles. The fourth-order valence-corrected chi connectivity index (χ4v) is 6.58. The topological polar surface area (TPSA) is 101 Å². The Morgan fingerprint density at radius 1 is 1.11 bits per heavy atom. The SMILES string of the molecule is CC(C)(C)OC(=O)N1CCC(Cc2cccc3nc(Nc4ccc5c(c4)N(COCC[Si](C)(C)C)C(=O)C5(C)C)nn23)CC1. The van der Waals surface area contributed by atoms with Crippen LogP contribution in [0, 0.1) is 5.92 Å². The summed E-state index contributed by atoms with van der Waals surface area (Å²) >= 11 is 0. The molecule has 238 valence electrons. The van der Waals surface area contributed by atoms with Gasteiger partial charge in [-0.3, -0.25) is 9.69 Å². The van der Waals surface area contributed by atoms with E-state index in [0.717, 1.165) is 53.6 Å². The van der Waals surface area contributed by atoms with Gasteiger partial charge in [0.25, 0.3) is 0 Å². The number of ether oxygens (including phenoxy) is 2. The van der Waals surface area contributed by atoms with Crippen LogP contribution < -0.4 is 10.2 Å². The van der Waals surface area contributed by atoms with Gasteiger partial charge in [-0.1, -0.05) is 31.8 Å². The molecule has 0 atom stereocenters. The van der Waals surface area contributed by atoms with Crippen molar-refractivity contribution in [2.75, 3.05) is 36.6 Å². The van der Waals surface area contributed by atoms with E-state index in [1.165, 1.54) is 0 Å². The lowest BCUT2D eigenvalue weighted by Gasteiger charge is -2.33. The molecule has 0 saturated carbocycles. The smallest absolute Gasteiger partial charge is 0.410 e. The first-order valence-corrected chi connectivity index (χ1v) is 19.5. The second-order valence-electron chi connectivity index (χ2n) is 14.9. The molecule has 1 fully saturated rings. The van der Waals surface area contributed by atoms with Crippen molar-refractivity contribution >= 4 is 43.0 Å². The third kappa shape index (κ3) is 7.26. The van der Waals surface area contributed by atoms with Gasteiger partial charge in [0, 0.05) is 39.2 Å². The molecule has 0 bridgehead atoms. The van der Waals surface area contributed by atoms with Crippen LogP contribution in [-0.4, -0.2) is 71.6 Å². The summed E-state index contributed by atoms with van der Waals surface area (Å²) in [6, 6.07) is 13.1. The van der Waals surface area contributed by atoms with Gasteiger partial charge in [0.05, 0.1) is 11.1 Å². The molecule has 0 aliphatic carbocycles. The van der Waals surface area contributed by atoms with E-state index >= 15 is 0 Å². The number of fused-ring (bicyclic) bond motifs is 2. The van der Waals surface area contributed by atoms with E-state index in [1.807, 2.05) is 74.4 Å². The van der Waals surface area contributed by atoms with Crippen molar-refractivity contribution in [1.82, 2.24) is 19.5 Å². The number of nitrogens with one attached hydrogen (secondary N) is 1. The number of nitrogens with zero attached hydrogens (tertiary/aromatic N) is 5. The molecular weight excluding hydrogens is 572 g/mol. The molecular formula is C33H48N6O4Si. The van der Waals surface area contributed by atoms with Crippen molar-refractivity contribution in [3.8, 4) is 0 Å². The van der Waals surface area contributed by atoms with Gasteiger partial charge in [-0.15, -0.1) is 5.10 Å². The maximum absolute atomic E-state index is 13.4. The number of hydrogen-bond acceptors (Lipinski definition) is 7. The molecule has 4 heterocycles. The highest BCUT2D eigenvalue weighted by Gasteiger charge is 2.44.